The third kappa shape index (κ3) is 9.63. The van der Waals surface area contributed by atoms with Crippen molar-refractivity contribution in [2.45, 2.75) is 173 Å². The Morgan fingerprint density at radius 1 is 0.755 bits per heavy atom. The predicted octanol–water partition coefficient (Wildman–Crippen LogP) is 9.61. The van der Waals surface area contributed by atoms with Gasteiger partial charge in [0.1, 0.15) is 6.29 Å². The van der Waals surface area contributed by atoms with Crippen LogP contribution in [0.15, 0.2) is 60.7 Å². The van der Waals surface area contributed by atoms with Crippen LogP contribution in [0.4, 0.5) is 0 Å². The first-order valence-electron chi connectivity index (χ1n) is 19.4. The number of rotatable bonds is 16. The minimum absolute atomic E-state index is 0.0357. The Hall–Kier alpha value is -1.62. The molecule has 0 bridgehead atoms. The Kier molecular flexibility index (Phi) is 14.5. The molecule has 4 rings (SSSR count). The van der Waals surface area contributed by atoms with Crippen LogP contribution in [0.2, 0.25) is 21.7 Å². The minimum atomic E-state index is -2.64. The van der Waals surface area contributed by atoms with Crippen molar-refractivity contribution < 1.29 is 23.1 Å². The molecular weight excluding hydrogens is 641 g/mol. The molecule has 2 saturated heterocycles. The van der Waals surface area contributed by atoms with E-state index in [1.807, 2.05) is 6.92 Å². The van der Waals surface area contributed by atoms with Crippen molar-refractivity contribution >= 4 is 33.3 Å². The van der Waals surface area contributed by atoms with Crippen molar-refractivity contribution in [1.82, 2.24) is 0 Å². The molecule has 0 aromatic heterocycles. The number of carbonyl (C=O) groups excluding carboxylic acids is 1. The Morgan fingerprint density at radius 3 is 1.78 bits per heavy atom. The number of carbonyl (C=O) groups is 1. The van der Waals surface area contributed by atoms with Gasteiger partial charge in [0.2, 0.25) is 8.32 Å². The average molecular weight is 709 g/mol. The fourth-order valence-corrected chi connectivity index (χ4v) is 19.6. The van der Waals surface area contributed by atoms with Gasteiger partial charge < -0.3 is 23.1 Å². The predicted molar refractivity (Wildman–Crippen MR) is 209 cm³/mol. The molecule has 2 heterocycles. The first kappa shape index (κ1) is 40.2. The van der Waals surface area contributed by atoms with Crippen LogP contribution in [0.25, 0.3) is 0 Å². The zero-order valence-corrected chi connectivity index (χ0v) is 34.5. The van der Waals surface area contributed by atoms with Crippen molar-refractivity contribution in [2.24, 2.45) is 5.92 Å². The molecule has 2 aliphatic heterocycles. The highest BCUT2D eigenvalue weighted by Gasteiger charge is 2.51. The molecular formula is C42H68O5Si2. The summed E-state index contributed by atoms with van der Waals surface area (Å²) >= 11 is 0. The maximum Gasteiger partial charge on any atom is 0.261 e. The summed E-state index contributed by atoms with van der Waals surface area (Å²) in [4.78, 5) is 11.4. The number of benzene rings is 2. The standard InChI is InChI=1S/C42H68O5Si2/c1-31(2)48(32(3)4,33(5)6)47-39-28-37(46-38(29-39)27-36-19-17-18-35(45-36)26-34(7)30-43)24-25-44-49(42(8,9)10,40-20-13-11-14-21-40)41-22-15-12-16-23-41/h11-16,20-23,30-39H,17-19,24-29H2,1-10H3/t34-,35-,36+,37-,38+,39+/m1/s1. The van der Waals surface area contributed by atoms with Crippen LogP contribution < -0.4 is 10.4 Å². The molecule has 7 heteroatoms. The molecule has 5 nitrogen and oxygen atoms in total. The van der Waals surface area contributed by atoms with E-state index in [4.69, 9.17) is 18.3 Å². The molecule has 2 fully saturated rings. The first-order chi connectivity index (χ1) is 23.2. The Bertz CT molecular complexity index is 1200. The van der Waals surface area contributed by atoms with Gasteiger partial charge >= 0.3 is 0 Å². The molecule has 2 aromatic rings. The van der Waals surface area contributed by atoms with Crippen LogP contribution in [0.1, 0.15) is 121 Å². The van der Waals surface area contributed by atoms with E-state index in [0.717, 1.165) is 57.7 Å². The molecule has 6 atom stereocenters. The summed E-state index contributed by atoms with van der Waals surface area (Å²) in [7, 11) is -4.71. The topological polar surface area (TPSA) is 54.0 Å². The lowest BCUT2D eigenvalue weighted by molar-refractivity contribution is -0.134. The zero-order chi connectivity index (χ0) is 35.8. The SMILES string of the molecule is CC(C)[Si](O[C@H]1C[C@@H](CCO[Si](c2ccccc2)(c2ccccc2)C(C)(C)C)O[C@@H](C[C@@H]2CCC[C@H](C[C@@H](C)C=O)O2)C1)(C(C)C)C(C)C. The van der Waals surface area contributed by atoms with Gasteiger partial charge in [-0.05, 0) is 83.4 Å². The molecule has 2 aromatic carbocycles. The molecule has 0 spiro atoms. The highest BCUT2D eigenvalue weighted by atomic mass is 28.4. The van der Waals surface area contributed by atoms with Crippen LogP contribution in [0, 0.1) is 5.92 Å². The lowest BCUT2D eigenvalue weighted by Gasteiger charge is -2.48. The summed E-state index contributed by atoms with van der Waals surface area (Å²) < 4.78 is 28.4. The van der Waals surface area contributed by atoms with E-state index in [0.29, 0.717) is 23.2 Å². The second kappa shape index (κ2) is 17.7. The van der Waals surface area contributed by atoms with E-state index in [-0.39, 0.29) is 41.5 Å². The number of hydrogen-bond acceptors (Lipinski definition) is 5. The van der Waals surface area contributed by atoms with Crippen LogP contribution in [0.5, 0.6) is 0 Å². The monoisotopic (exact) mass is 708 g/mol. The fourth-order valence-electron chi connectivity index (χ4n) is 9.39. The van der Waals surface area contributed by atoms with Crippen molar-refractivity contribution in [3.8, 4) is 0 Å². The van der Waals surface area contributed by atoms with Crippen molar-refractivity contribution in [2.75, 3.05) is 6.61 Å². The third-order valence-corrected chi connectivity index (χ3v) is 22.7. The van der Waals surface area contributed by atoms with E-state index in [9.17, 15) is 4.79 Å². The number of ether oxygens (including phenoxy) is 2. The number of aldehydes is 1. The molecule has 0 amide bonds. The molecule has 0 saturated carbocycles. The zero-order valence-electron chi connectivity index (χ0n) is 32.5. The molecule has 0 radical (unpaired) electrons. The number of hydrogen-bond donors (Lipinski definition) is 0. The summed E-state index contributed by atoms with van der Waals surface area (Å²) in [5.74, 6) is 0.0357. The van der Waals surface area contributed by atoms with Crippen molar-refractivity contribution in [3.05, 3.63) is 60.7 Å². The van der Waals surface area contributed by atoms with Crippen LogP contribution >= 0.6 is 0 Å². The van der Waals surface area contributed by atoms with E-state index in [1.165, 1.54) is 10.4 Å². The maximum atomic E-state index is 11.4. The van der Waals surface area contributed by atoms with Crippen molar-refractivity contribution in [1.29, 1.82) is 0 Å². The van der Waals surface area contributed by atoms with Gasteiger partial charge in [-0.3, -0.25) is 0 Å². The van der Waals surface area contributed by atoms with E-state index in [2.05, 4.69) is 123 Å². The second-order valence-electron chi connectivity index (χ2n) is 17.1. The van der Waals surface area contributed by atoms with Gasteiger partial charge in [0, 0.05) is 12.5 Å². The third-order valence-electron chi connectivity index (χ3n) is 11.5. The normalized spacial score (nSPS) is 24.8. The van der Waals surface area contributed by atoms with E-state index >= 15 is 0 Å². The molecule has 49 heavy (non-hydrogen) atoms. The molecule has 0 aliphatic carbocycles. The first-order valence-corrected chi connectivity index (χ1v) is 23.5. The summed E-state index contributed by atoms with van der Waals surface area (Å²) in [6.45, 7) is 24.0. The van der Waals surface area contributed by atoms with Gasteiger partial charge in [0.15, 0.2) is 0 Å². The average Bonchev–Trinajstić information content (AvgIpc) is 3.05. The van der Waals surface area contributed by atoms with Crippen molar-refractivity contribution in [3.63, 3.8) is 0 Å². The van der Waals surface area contributed by atoms with Gasteiger partial charge in [0.05, 0.1) is 30.5 Å². The smallest absolute Gasteiger partial charge is 0.261 e. The lowest BCUT2D eigenvalue weighted by Crippen LogP contribution is -2.66. The van der Waals surface area contributed by atoms with Crippen LogP contribution in [-0.4, -0.2) is 60.0 Å². The molecule has 2 aliphatic rings. The van der Waals surface area contributed by atoms with Crippen LogP contribution in [-0.2, 0) is 23.1 Å². The lowest BCUT2D eigenvalue weighted by atomic mass is 9.91. The Morgan fingerprint density at radius 2 is 1.27 bits per heavy atom. The Balaban J connectivity index is 1.57. The van der Waals surface area contributed by atoms with Gasteiger partial charge in [0.25, 0.3) is 8.32 Å². The van der Waals surface area contributed by atoms with Gasteiger partial charge in [-0.2, -0.15) is 0 Å². The second-order valence-corrected chi connectivity index (χ2v) is 26.8. The molecule has 274 valence electrons. The highest BCUT2D eigenvalue weighted by Crippen LogP contribution is 2.45. The van der Waals surface area contributed by atoms with Gasteiger partial charge in [-0.25, -0.2) is 0 Å². The van der Waals surface area contributed by atoms with Crippen LogP contribution in [0.3, 0.4) is 0 Å². The minimum Gasteiger partial charge on any atom is -0.413 e. The van der Waals surface area contributed by atoms with E-state index in [1.54, 1.807) is 0 Å². The van der Waals surface area contributed by atoms with Gasteiger partial charge in [-0.15, -0.1) is 0 Å². The molecule has 0 unspecified atom stereocenters. The summed E-state index contributed by atoms with van der Waals surface area (Å²) in [5.41, 5.74) is 1.61. The fraction of sp³-hybridized carbons (Fsp3) is 0.690. The highest BCUT2D eigenvalue weighted by molar-refractivity contribution is 6.99. The maximum absolute atomic E-state index is 11.4. The quantitative estimate of drug-likeness (QED) is 0.128. The largest absolute Gasteiger partial charge is 0.413 e. The molecule has 0 N–H and O–H groups in total. The van der Waals surface area contributed by atoms with E-state index < -0.39 is 16.6 Å². The summed E-state index contributed by atoms with van der Waals surface area (Å²) in [5, 5.41) is 2.56. The Labute approximate surface area is 301 Å². The van der Waals surface area contributed by atoms with Gasteiger partial charge in [-0.1, -0.05) is 130 Å². The summed E-state index contributed by atoms with van der Waals surface area (Å²) in [6.07, 6.45) is 9.32. The summed E-state index contributed by atoms with van der Waals surface area (Å²) in [6, 6.07) is 21.9.